The molecule has 1 saturated heterocycles. The number of rotatable bonds is 3. The molecule has 1 atom stereocenters. The monoisotopic (exact) mass is 196 g/mol. The van der Waals surface area contributed by atoms with Crippen molar-refractivity contribution in [3.05, 3.63) is 16.3 Å². The summed E-state index contributed by atoms with van der Waals surface area (Å²) in [6.45, 7) is 3.84. The van der Waals surface area contributed by atoms with Gasteiger partial charge in [-0.2, -0.15) is 5.10 Å². The zero-order chi connectivity index (χ0) is 9.97. The molecule has 1 unspecified atom stereocenters. The molecule has 0 radical (unpaired) electrons. The average molecular weight is 196 g/mol. The van der Waals surface area contributed by atoms with E-state index in [-0.39, 0.29) is 11.7 Å². The van der Waals surface area contributed by atoms with Gasteiger partial charge in [0.1, 0.15) is 0 Å². The number of nitrogens with zero attached hydrogens (tertiary/aromatic N) is 2. The molecule has 1 aromatic heterocycles. The molecule has 1 aliphatic rings. The second-order valence-corrected chi connectivity index (χ2v) is 3.69. The summed E-state index contributed by atoms with van der Waals surface area (Å²) >= 11 is 0. The largest absolute Gasteiger partial charge is 0.343 e. The molecule has 2 N–H and O–H groups in total. The van der Waals surface area contributed by atoms with Crippen LogP contribution in [-0.2, 0) is 6.54 Å². The van der Waals surface area contributed by atoms with Gasteiger partial charge in [-0.05, 0) is 25.8 Å². The SMILES string of the molecule is CCCn1c(C2CCCN2)n[nH]c1=O. The van der Waals surface area contributed by atoms with Crippen molar-refractivity contribution in [3.63, 3.8) is 0 Å². The Hall–Kier alpha value is -1.10. The van der Waals surface area contributed by atoms with Crippen LogP contribution in [0.25, 0.3) is 0 Å². The molecule has 0 bridgehead atoms. The third-order valence-electron chi connectivity index (χ3n) is 2.61. The molecule has 1 fully saturated rings. The molecule has 2 heterocycles. The van der Waals surface area contributed by atoms with Crippen molar-refractivity contribution in [2.75, 3.05) is 6.54 Å². The lowest BCUT2D eigenvalue weighted by Gasteiger charge is -2.10. The molecule has 0 aliphatic carbocycles. The average Bonchev–Trinajstić information content (AvgIpc) is 2.77. The lowest BCUT2D eigenvalue weighted by atomic mass is 10.2. The Bertz CT molecular complexity index is 348. The van der Waals surface area contributed by atoms with Crippen LogP contribution in [0.1, 0.15) is 38.1 Å². The number of aromatic nitrogens is 3. The number of aromatic amines is 1. The zero-order valence-electron chi connectivity index (χ0n) is 8.42. The molecule has 5 nitrogen and oxygen atoms in total. The van der Waals surface area contributed by atoms with Crippen LogP contribution in [0.4, 0.5) is 0 Å². The van der Waals surface area contributed by atoms with E-state index in [1.54, 1.807) is 4.57 Å². The summed E-state index contributed by atoms with van der Waals surface area (Å²) in [5, 5.41) is 9.94. The molecule has 78 valence electrons. The van der Waals surface area contributed by atoms with Crippen molar-refractivity contribution in [1.82, 2.24) is 20.1 Å². The van der Waals surface area contributed by atoms with Gasteiger partial charge < -0.3 is 5.32 Å². The van der Waals surface area contributed by atoms with Gasteiger partial charge in [0.15, 0.2) is 5.82 Å². The lowest BCUT2D eigenvalue weighted by molar-refractivity contribution is 0.535. The van der Waals surface area contributed by atoms with Crippen LogP contribution in [0.3, 0.4) is 0 Å². The Labute approximate surface area is 82.5 Å². The van der Waals surface area contributed by atoms with Crippen LogP contribution in [0.15, 0.2) is 4.79 Å². The standard InChI is InChI=1S/C9H16N4O/c1-2-6-13-8(11-12-9(13)14)7-4-3-5-10-7/h7,10H,2-6H2,1H3,(H,12,14). The van der Waals surface area contributed by atoms with Gasteiger partial charge in [-0.3, -0.25) is 4.57 Å². The van der Waals surface area contributed by atoms with Crippen LogP contribution in [0.5, 0.6) is 0 Å². The molecule has 0 saturated carbocycles. The second-order valence-electron chi connectivity index (χ2n) is 3.69. The van der Waals surface area contributed by atoms with Gasteiger partial charge in [0.05, 0.1) is 6.04 Å². The first-order valence-corrected chi connectivity index (χ1v) is 5.21. The molecular formula is C9H16N4O. The Morgan fingerprint density at radius 3 is 3.14 bits per heavy atom. The van der Waals surface area contributed by atoms with Gasteiger partial charge in [-0.25, -0.2) is 9.89 Å². The minimum Gasteiger partial charge on any atom is -0.307 e. The number of H-pyrrole nitrogens is 1. The van der Waals surface area contributed by atoms with E-state index in [1.807, 2.05) is 0 Å². The van der Waals surface area contributed by atoms with Gasteiger partial charge in [0.2, 0.25) is 0 Å². The molecule has 1 aromatic rings. The van der Waals surface area contributed by atoms with Gasteiger partial charge in [-0.1, -0.05) is 6.92 Å². The Kier molecular flexibility index (Phi) is 2.67. The van der Waals surface area contributed by atoms with Crippen molar-refractivity contribution >= 4 is 0 Å². The smallest absolute Gasteiger partial charge is 0.307 e. The highest BCUT2D eigenvalue weighted by Gasteiger charge is 2.22. The van der Waals surface area contributed by atoms with Crippen LogP contribution in [-0.4, -0.2) is 21.3 Å². The highest BCUT2D eigenvalue weighted by Crippen LogP contribution is 2.19. The normalized spacial score (nSPS) is 21.6. The number of hydrogen-bond acceptors (Lipinski definition) is 3. The van der Waals surface area contributed by atoms with Gasteiger partial charge in [0.25, 0.3) is 0 Å². The predicted octanol–water partition coefficient (Wildman–Crippen LogP) is 0.406. The fourth-order valence-corrected chi connectivity index (χ4v) is 1.94. The predicted molar refractivity (Wildman–Crippen MR) is 53.1 cm³/mol. The molecule has 5 heteroatoms. The Morgan fingerprint density at radius 2 is 2.50 bits per heavy atom. The number of nitrogens with one attached hydrogen (secondary N) is 2. The minimum absolute atomic E-state index is 0.0875. The summed E-state index contributed by atoms with van der Waals surface area (Å²) in [7, 11) is 0. The topological polar surface area (TPSA) is 62.7 Å². The van der Waals surface area contributed by atoms with E-state index in [0.717, 1.165) is 38.2 Å². The Balaban J connectivity index is 2.27. The fraction of sp³-hybridized carbons (Fsp3) is 0.778. The zero-order valence-corrected chi connectivity index (χ0v) is 8.42. The molecule has 1 aliphatic heterocycles. The number of hydrogen-bond donors (Lipinski definition) is 2. The molecule has 0 aromatic carbocycles. The van der Waals surface area contributed by atoms with E-state index in [4.69, 9.17) is 0 Å². The van der Waals surface area contributed by atoms with Crippen molar-refractivity contribution in [1.29, 1.82) is 0 Å². The van der Waals surface area contributed by atoms with Crippen LogP contribution in [0.2, 0.25) is 0 Å². The van der Waals surface area contributed by atoms with Gasteiger partial charge in [-0.15, -0.1) is 0 Å². The third kappa shape index (κ3) is 1.59. The minimum atomic E-state index is -0.0875. The van der Waals surface area contributed by atoms with E-state index in [9.17, 15) is 4.79 Å². The van der Waals surface area contributed by atoms with E-state index >= 15 is 0 Å². The van der Waals surface area contributed by atoms with Crippen LogP contribution in [0, 0.1) is 0 Å². The van der Waals surface area contributed by atoms with Crippen molar-refractivity contribution < 1.29 is 0 Å². The van der Waals surface area contributed by atoms with E-state index in [1.165, 1.54) is 0 Å². The van der Waals surface area contributed by atoms with Crippen molar-refractivity contribution in [2.24, 2.45) is 0 Å². The van der Waals surface area contributed by atoms with E-state index in [0.29, 0.717) is 0 Å². The molecule has 0 amide bonds. The summed E-state index contributed by atoms with van der Waals surface area (Å²) in [5.41, 5.74) is -0.0875. The summed E-state index contributed by atoms with van der Waals surface area (Å²) in [6, 6.07) is 0.264. The maximum absolute atomic E-state index is 11.4. The second kappa shape index (κ2) is 3.96. The molecule has 0 spiro atoms. The quantitative estimate of drug-likeness (QED) is 0.735. The third-order valence-corrected chi connectivity index (χ3v) is 2.61. The first kappa shape index (κ1) is 9.45. The highest BCUT2D eigenvalue weighted by molar-refractivity contribution is 4.97. The van der Waals surface area contributed by atoms with Crippen molar-refractivity contribution in [3.8, 4) is 0 Å². The van der Waals surface area contributed by atoms with Crippen LogP contribution >= 0.6 is 0 Å². The van der Waals surface area contributed by atoms with Gasteiger partial charge in [0, 0.05) is 6.54 Å². The first-order valence-electron chi connectivity index (χ1n) is 5.21. The lowest BCUT2D eigenvalue weighted by Crippen LogP contribution is -2.23. The van der Waals surface area contributed by atoms with Gasteiger partial charge >= 0.3 is 5.69 Å². The summed E-state index contributed by atoms with van der Waals surface area (Å²) in [5.74, 6) is 0.870. The highest BCUT2D eigenvalue weighted by atomic mass is 16.1. The molecular weight excluding hydrogens is 180 g/mol. The van der Waals surface area contributed by atoms with Crippen LogP contribution < -0.4 is 11.0 Å². The summed E-state index contributed by atoms with van der Waals surface area (Å²) in [4.78, 5) is 11.4. The maximum atomic E-state index is 11.4. The van der Waals surface area contributed by atoms with E-state index < -0.39 is 0 Å². The molecule has 14 heavy (non-hydrogen) atoms. The maximum Gasteiger partial charge on any atom is 0.343 e. The van der Waals surface area contributed by atoms with E-state index in [2.05, 4.69) is 22.4 Å². The summed E-state index contributed by atoms with van der Waals surface area (Å²) in [6.07, 6.45) is 3.20. The fourth-order valence-electron chi connectivity index (χ4n) is 1.94. The Morgan fingerprint density at radius 1 is 1.64 bits per heavy atom. The van der Waals surface area contributed by atoms with Crippen molar-refractivity contribution in [2.45, 2.75) is 38.8 Å². The summed E-state index contributed by atoms with van der Waals surface area (Å²) < 4.78 is 1.74. The first-order chi connectivity index (χ1) is 6.83. The molecule has 2 rings (SSSR count).